The predicted octanol–water partition coefficient (Wildman–Crippen LogP) is 4.76. The van der Waals surface area contributed by atoms with Crippen LogP contribution in [0.4, 0.5) is 5.69 Å². The van der Waals surface area contributed by atoms with Gasteiger partial charge in [0.1, 0.15) is 23.2 Å². The lowest BCUT2D eigenvalue weighted by Crippen LogP contribution is -2.29. The number of rotatable bonds is 7. The summed E-state index contributed by atoms with van der Waals surface area (Å²) in [5, 5.41) is 14.3. The second-order valence-electron chi connectivity index (χ2n) is 7.91. The van der Waals surface area contributed by atoms with Crippen LogP contribution in [0.15, 0.2) is 58.5 Å². The van der Waals surface area contributed by atoms with Gasteiger partial charge in [0.25, 0.3) is 5.91 Å². The van der Waals surface area contributed by atoms with E-state index in [1.54, 1.807) is 13.2 Å². The van der Waals surface area contributed by atoms with Crippen LogP contribution < -0.4 is 10.2 Å². The van der Waals surface area contributed by atoms with E-state index in [0.717, 1.165) is 24.0 Å². The number of nitriles is 1. The summed E-state index contributed by atoms with van der Waals surface area (Å²) >= 11 is 0. The highest BCUT2D eigenvalue weighted by Crippen LogP contribution is 2.30. The maximum Gasteiger partial charge on any atom is 0.262 e. The third-order valence-corrected chi connectivity index (χ3v) is 5.70. The highest BCUT2D eigenvalue weighted by atomic mass is 16.5. The summed E-state index contributed by atoms with van der Waals surface area (Å²) in [6.45, 7) is 2.98. The highest BCUT2D eigenvalue weighted by molar-refractivity contribution is 6.01. The van der Waals surface area contributed by atoms with E-state index in [0.29, 0.717) is 24.7 Å². The first-order valence-corrected chi connectivity index (χ1v) is 11.0. The van der Waals surface area contributed by atoms with Crippen LogP contribution in [-0.4, -0.2) is 39.3 Å². The lowest BCUT2D eigenvalue weighted by atomic mass is 10.0. The van der Waals surface area contributed by atoms with Crippen molar-refractivity contribution in [3.63, 3.8) is 0 Å². The molecule has 2 aromatic carbocycles. The molecule has 0 unspecified atom stereocenters. The van der Waals surface area contributed by atoms with Crippen molar-refractivity contribution < 1.29 is 13.9 Å². The number of anilines is 1. The van der Waals surface area contributed by atoms with E-state index in [4.69, 9.17) is 9.15 Å². The molecule has 6 nitrogen and oxygen atoms in total. The Hall–Kier alpha value is -3.56. The van der Waals surface area contributed by atoms with Crippen molar-refractivity contribution in [1.82, 2.24) is 5.32 Å². The van der Waals surface area contributed by atoms with E-state index in [-0.39, 0.29) is 5.57 Å². The van der Waals surface area contributed by atoms with Crippen LogP contribution in [0.2, 0.25) is 0 Å². The van der Waals surface area contributed by atoms with Gasteiger partial charge in [-0.15, -0.1) is 0 Å². The molecule has 0 aliphatic carbocycles. The highest BCUT2D eigenvalue weighted by Gasteiger charge is 2.13. The number of ether oxygens (including phenoxy) is 1. The van der Waals surface area contributed by atoms with Crippen LogP contribution in [0.3, 0.4) is 0 Å². The normalized spacial score (nSPS) is 14.4. The Morgan fingerprint density at radius 1 is 1.12 bits per heavy atom. The van der Waals surface area contributed by atoms with Crippen LogP contribution in [0, 0.1) is 11.3 Å². The molecule has 0 bridgehead atoms. The van der Waals surface area contributed by atoms with E-state index < -0.39 is 5.91 Å². The van der Waals surface area contributed by atoms with Gasteiger partial charge in [-0.25, -0.2) is 0 Å². The SMILES string of the molecule is COCCNC(=O)/C(C#N)=C/c1ccc(-c2ccc3cc(N4CCCCC4)ccc3c2)o1. The molecule has 32 heavy (non-hydrogen) atoms. The van der Waals surface area contributed by atoms with E-state index in [2.05, 4.69) is 40.5 Å². The fourth-order valence-electron chi connectivity index (χ4n) is 3.97. The number of methoxy groups -OCH3 is 1. The number of amides is 1. The van der Waals surface area contributed by atoms with Gasteiger partial charge in [0.05, 0.1) is 6.61 Å². The van der Waals surface area contributed by atoms with E-state index in [1.807, 2.05) is 18.2 Å². The molecule has 0 spiro atoms. The first-order valence-electron chi connectivity index (χ1n) is 11.0. The number of nitrogens with one attached hydrogen (secondary N) is 1. The minimum Gasteiger partial charge on any atom is -0.457 e. The van der Waals surface area contributed by atoms with E-state index in [1.165, 1.54) is 36.4 Å². The number of hydrogen-bond donors (Lipinski definition) is 1. The van der Waals surface area contributed by atoms with Gasteiger partial charge in [-0.3, -0.25) is 4.79 Å². The average Bonchev–Trinajstić information content (AvgIpc) is 3.31. The number of nitrogens with zero attached hydrogens (tertiary/aromatic N) is 2. The molecule has 0 saturated carbocycles. The Morgan fingerprint density at radius 3 is 2.69 bits per heavy atom. The minimum absolute atomic E-state index is 0.00856. The van der Waals surface area contributed by atoms with Crippen molar-refractivity contribution in [3.8, 4) is 17.4 Å². The van der Waals surface area contributed by atoms with Gasteiger partial charge in [-0.2, -0.15) is 5.26 Å². The van der Waals surface area contributed by atoms with Gasteiger partial charge in [-0.1, -0.05) is 18.2 Å². The maximum atomic E-state index is 12.1. The number of piperidine rings is 1. The standard InChI is InChI=1S/C26H27N3O3/c1-31-14-11-28-26(30)22(18-27)17-24-9-10-25(32-24)21-6-5-20-16-23(8-7-19(20)15-21)29-12-3-2-4-13-29/h5-10,15-17H,2-4,11-14H2,1H3,(H,28,30)/b22-17+. The van der Waals surface area contributed by atoms with Crippen molar-refractivity contribution in [2.24, 2.45) is 0 Å². The summed E-state index contributed by atoms with van der Waals surface area (Å²) in [5.74, 6) is 0.701. The molecule has 164 valence electrons. The minimum atomic E-state index is -0.447. The molecule has 1 aliphatic heterocycles. The van der Waals surface area contributed by atoms with Crippen LogP contribution in [0.25, 0.3) is 28.2 Å². The van der Waals surface area contributed by atoms with Crippen molar-refractivity contribution in [2.45, 2.75) is 19.3 Å². The second-order valence-corrected chi connectivity index (χ2v) is 7.91. The van der Waals surface area contributed by atoms with Crippen molar-refractivity contribution in [2.75, 3.05) is 38.3 Å². The molecule has 3 aromatic rings. The lowest BCUT2D eigenvalue weighted by molar-refractivity contribution is -0.117. The summed E-state index contributed by atoms with van der Waals surface area (Å²) in [7, 11) is 1.55. The fraction of sp³-hybridized carbons (Fsp3) is 0.308. The molecule has 0 atom stereocenters. The molecule has 0 radical (unpaired) electrons. The molecule has 2 heterocycles. The van der Waals surface area contributed by atoms with Crippen molar-refractivity contribution in [3.05, 3.63) is 59.9 Å². The van der Waals surface area contributed by atoms with Gasteiger partial charge in [-0.05, 0) is 60.4 Å². The largest absolute Gasteiger partial charge is 0.457 e. The first kappa shape index (κ1) is 21.7. The van der Waals surface area contributed by atoms with Gasteiger partial charge in [0, 0.05) is 44.1 Å². The smallest absolute Gasteiger partial charge is 0.262 e. The van der Waals surface area contributed by atoms with Gasteiger partial charge < -0.3 is 19.4 Å². The predicted molar refractivity (Wildman–Crippen MR) is 126 cm³/mol. The number of carbonyl (C=O) groups excluding carboxylic acids is 1. The van der Waals surface area contributed by atoms with Gasteiger partial charge in [0.2, 0.25) is 0 Å². The molecule has 6 heteroatoms. The van der Waals surface area contributed by atoms with Gasteiger partial charge >= 0.3 is 0 Å². The lowest BCUT2D eigenvalue weighted by Gasteiger charge is -2.29. The molecule has 4 rings (SSSR count). The van der Waals surface area contributed by atoms with Crippen LogP contribution >= 0.6 is 0 Å². The molecule has 1 amide bonds. The Labute approximate surface area is 188 Å². The topological polar surface area (TPSA) is 78.5 Å². The average molecular weight is 430 g/mol. The van der Waals surface area contributed by atoms with Gasteiger partial charge in [0.15, 0.2) is 0 Å². The quantitative estimate of drug-likeness (QED) is 0.333. The monoisotopic (exact) mass is 429 g/mol. The number of hydrogen-bond acceptors (Lipinski definition) is 5. The zero-order valence-electron chi connectivity index (χ0n) is 18.3. The maximum absolute atomic E-state index is 12.1. The van der Waals surface area contributed by atoms with Crippen LogP contribution in [0.5, 0.6) is 0 Å². The number of furan rings is 1. The number of carbonyl (C=O) groups is 1. The third-order valence-electron chi connectivity index (χ3n) is 5.70. The molecule has 1 N–H and O–H groups in total. The Bertz CT molecular complexity index is 1170. The van der Waals surface area contributed by atoms with E-state index in [9.17, 15) is 10.1 Å². The Balaban J connectivity index is 1.52. The van der Waals surface area contributed by atoms with Crippen LogP contribution in [0.1, 0.15) is 25.0 Å². The number of fused-ring (bicyclic) bond motifs is 1. The van der Waals surface area contributed by atoms with Crippen LogP contribution in [-0.2, 0) is 9.53 Å². The number of benzene rings is 2. The van der Waals surface area contributed by atoms with Crippen molar-refractivity contribution >= 4 is 28.4 Å². The molecular formula is C26H27N3O3. The molecule has 1 saturated heterocycles. The first-order chi connectivity index (χ1) is 15.7. The second kappa shape index (κ2) is 10.2. The summed E-state index contributed by atoms with van der Waals surface area (Å²) in [4.78, 5) is 14.6. The molecule has 1 aliphatic rings. The zero-order valence-corrected chi connectivity index (χ0v) is 18.3. The van der Waals surface area contributed by atoms with Crippen molar-refractivity contribution in [1.29, 1.82) is 5.26 Å². The Kier molecular flexibility index (Phi) is 6.88. The molecule has 1 aromatic heterocycles. The fourth-order valence-corrected chi connectivity index (χ4v) is 3.97. The Morgan fingerprint density at radius 2 is 1.91 bits per heavy atom. The van der Waals surface area contributed by atoms with E-state index >= 15 is 0 Å². The molecular weight excluding hydrogens is 402 g/mol. The third kappa shape index (κ3) is 5.01. The molecule has 1 fully saturated rings. The summed E-state index contributed by atoms with van der Waals surface area (Å²) in [6, 6.07) is 18.4. The summed E-state index contributed by atoms with van der Waals surface area (Å²) < 4.78 is 10.8. The zero-order chi connectivity index (χ0) is 22.3. The summed E-state index contributed by atoms with van der Waals surface area (Å²) in [6.07, 6.45) is 5.29. The summed E-state index contributed by atoms with van der Waals surface area (Å²) in [5.41, 5.74) is 2.22.